The predicted octanol–water partition coefficient (Wildman–Crippen LogP) is 5.41. The highest BCUT2D eigenvalue weighted by molar-refractivity contribution is 7.17. The molecule has 1 aromatic carbocycles. The number of amides is 1. The zero-order valence-electron chi connectivity index (χ0n) is 16.9. The average molecular weight is 441 g/mol. The number of likely N-dealkylation sites (tertiary alicyclic amines) is 1. The molecule has 0 aliphatic carbocycles. The van der Waals surface area contributed by atoms with Crippen LogP contribution in [0.5, 0.6) is 0 Å². The lowest BCUT2D eigenvalue weighted by Crippen LogP contribution is -2.39. The van der Waals surface area contributed by atoms with Gasteiger partial charge >= 0.3 is 0 Å². The topological polar surface area (TPSA) is 51.0 Å². The number of piperidine rings is 1. The van der Waals surface area contributed by atoms with E-state index in [4.69, 9.17) is 11.6 Å². The van der Waals surface area contributed by atoms with Crippen LogP contribution in [0, 0.1) is 0 Å². The van der Waals surface area contributed by atoms with Crippen LogP contribution in [0.25, 0.3) is 10.4 Å². The lowest BCUT2D eigenvalue weighted by Gasteiger charge is -2.32. The molecule has 0 bridgehead atoms. The van der Waals surface area contributed by atoms with Crippen LogP contribution in [0.3, 0.4) is 0 Å². The van der Waals surface area contributed by atoms with Gasteiger partial charge in [0.05, 0.1) is 4.88 Å². The smallest absolute Gasteiger partial charge is 0.263 e. The molecule has 0 N–H and O–H groups in total. The molecule has 2 aliphatic rings. The second kappa shape index (κ2) is 8.52. The van der Waals surface area contributed by atoms with Crippen molar-refractivity contribution in [1.82, 2.24) is 19.7 Å². The van der Waals surface area contributed by atoms with Crippen molar-refractivity contribution in [1.29, 1.82) is 0 Å². The summed E-state index contributed by atoms with van der Waals surface area (Å²) in [6.07, 6.45) is 6.74. The van der Waals surface area contributed by atoms with Crippen LogP contribution in [0.2, 0.25) is 5.02 Å². The van der Waals surface area contributed by atoms with Crippen LogP contribution in [-0.2, 0) is 13.0 Å². The molecule has 1 fully saturated rings. The molecule has 4 heterocycles. The molecule has 2 aromatic heterocycles. The molecule has 30 heavy (non-hydrogen) atoms. The van der Waals surface area contributed by atoms with Crippen molar-refractivity contribution < 1.29 is 4.79 Å². The summed E-state index contributed by atoms with van der Waals surface area (Å²) < 4.78 is 2.33. The van der Waals surface area contributed by atoms with E-state index < -0.39 is 0 Å². The Hall–Kier alpha value is -2.18. The highest BCUT2D eigenvalue weighted by Crippen LogP contribution is 2.32. The molecule has 1 amide bonds. The molecule has 156 valence electrons. The molecule has 3 aromatic rings. The summed E-state index contributed by atoms with van der Waals surface area (Å²) in [6, 6.07) is 11.7. The minimum Gasteiger partial charge on any atom is -0.337 e. The summed E-state index contributed by atoms with van der Waals surface area (Å²) in [7, 11) is 0. The number of benzene rings is 1. The van der Waals surface area contributed by atoms with Gasteiger partial charge in [-0.3, -0.25) is 4.79 Å². The Morgan fingerprint density at radius 2 is 1.87 bits per heavy atom. The van der Waals surface area contributed by atoms with Crippen molar-refractivity contribution in [2.24, 2.45) is 0 Å². The molecule has 1 saturated heterocycles. The van der Waals surface area contributed by atoms with Gasteiger partial charge < -0.3 is 9.47 Å². The molecule has 0 radical (unpaired) electrons. The van der Waals surface area contributed by atoms with E-state index in [-0.39, 0.29) is 11.8 Å². The fourth-order valence-corrected chi connectivity index (χ4v) is 5.67. The number of fused-ring (bicyclic) bond motifs is 1. The van der Waals surface area contributed by atoms with Crippen LogP contribution in [0.1, 0.15) is 59.3 Å². The number of aryl methyl sites for hydroxylation is 1. The van der Waals surface area contributed by atoms with E-state index in [1.54, 1.807) is 11.3 Å². The summed E-state index contributed by atoms with van der Waals surface area (Å²) >= 11 is 7.55. The standard InChI is InChI=1S/C23H25ClN4OS/c24-18-9-7-16(8-10-18)19-11-12-20(30-19)23(29)27-13-4-5-17(15-27)22-26-25-21-6-2-1-3-14-28(21)22/h7-12,17H,1-6,13-15H2/t17-/m1/s1. The van der Waals surface area contributed by atoms with Crippen molar-refractivity contribution in [3.8, 4) is 10.4 Å². The number of aromatic nitrogens is 3. The van der Waals surface area contributed by atoms with Gasteiger partial charge in [-0.1, -0.05) is 30.2 Å². The Kier molecular flexibility index (Phi) is 5.61. The van der Waals surface area contributed by atoms with Crippen LogP contribution in [0.4, 0.5) is 0 Å². The van der Waals surface area contributed by atoms with Gasteiger partial charge in [0.2, 0.25) is 0 Å². The van der Waals surface area contributed by atoms with Crippen LogP contribution in [-0.4, -0.2) is 38.7 Å². The minimum absolute atomic E-state index is 0.125. The third-order valence-electron chi connectivity index (χ3n) is 6.16. The van der Waals surface area contributed by atoms with E-state index in [9.17, 15) is 4.79 Å². The maximum Gasteiger partial charge on any atom is 0.263 e. The Morgan fingerprint density at radius 3 is 2.73 bits per heavy atom. The maximum atomic E-state index is 13.2. The van der Waals surface area contributed by atoms with E-state index in [2.05, 4.69) is 14.8 Å². The zero-order valence-corrected chi connectivity index (χ0v) is 18.5. The third kappa shape index (κ3) is 3.91. The summed E-state index contributed by atoms with van der Waals surface area (Å²) in [5, 5.41) is 9.73. The Labute approximate surface area is 185 Å². The average Bonchev–Trinajstić information content (AvgIpc) is 3.36. The number of hydrogen-bond acceptors (Lipinski definition) is 4. The molecule has 0 spiro atoms. The summed E-state index contributed by atoms with van der Waals surface area (Å²) in [5.41, 5.74) is 1.09. The second-order valence-electron chi connectivity index (χ2n) is 8.20. The number of nitrogens with zero attached hydrogens (tertiary/aromatic N) is 4. The molecular formula is C23H25ClN4OS. The van der Waals surface area contributed by atoms with E-state index >= 15 is 0 Å². The predicted molar refractivity (Wildman–Crippen MR) is 120 cm³/mol. The van der Waals surface area contributed by atoms with Gasteiger partial charge in [-0.25, -0.2) is 0 Å². The monoisotopic (exact) mass is 440 g/mol. The first-order valence-electron chi connectivity index (χ1n) is 10.8. The van der Waals surface area contributed by atoms with Crippen LogP contribution < -0.4 is 0 Å². The van der Waals surface area contributed by atoms with E-state index in [0.717, 1.165) is 70.9 Å². The maximum absolute atomic E-state index is 13.2. The number of halogens is 1. The van der Waals surface area contributed by atoms with Gasteiger partial charge in [-0.15, -0.1) is 21.5 Å². The first-order valence-corrected chi connectivity index (χ1v) is 12.0. The van der Waals surface area contributed by atoms with Gasteiger partial charge in [-0.05, 0) is 55.5 Å². The van der Waals surface area contributed by atoms with Gasteiger partial charge in [0, 0.05) is 41.9 Å². The lowest BCUT2D eigenvalue weighted by molar-refractivity contribution is 0.0708. The number of thiophene rings is 1. The first-order chi connectivity index (χ1) is 14.7. The Bertz CT molecular complexity index is 1040. The van der Waals surface area contributed by atoms with Crippen molar-refractivity contribution in [3.63, 3.8) is 0 Å². The summed E-state index contributed by atoms with van der Waals surface area (Å²) in [4.78, 5) is 17.1. The second-order valence-corrected chi connectivity index (χ2v) is 9.72. The molecule has 0 unspecified atom stereocenters. The van der Waals surface area contributed by atoms with E-state index in [0.29, 0.717) is 0 Å². The van der Waals surface area contributed by atoms with Gasteiger partial charge in [0.15, 0.2) is 0 Å². The molecule has 2 aliphatic heterocycles. The zero-order chi connectivity index (χ0) is 20.5. The van der Waals surface area contributed by atoms with Crippen LogP contribution >= 0.6 is 22.9 Å². The highest BCUT2D eigenvalue weighted by atomic mass is 35.5. The summed E-state index contributed by atoms with van der Waals surface area (Å²) in [5.74, 6) is 2.60. The SMILES string of the molecule is O=C(c1ccc(-c2ccc(Cl)cc2)s1)N1CCC[C@@H](c2nnc3n2CCCCC3)C1. The number of hydrogen-bond donors (Lipinski definition) is 0. The highest BCUT2D eigenvalue weighted by Gasteiger charge is 2.30. The minimum atomic E-state index is 0.125. The lowest BCUT2D eigenvalue weighted by atomic mass is 9.97. The number of rotatable bonds is 3. The molecule has 1 atom stereocenters. The van der Waals surface area contributed by atoms with Crippen molar-refractivity contribution in [2.75, 3.05) is 13.1 Å². The van der Waals surface area contributed by atoms with Gasteiger partial charge in [0.25, 0.3) is 5.91 Å². The first kappa shape index (κ1) is 19.8. The molecule has 5 rings (SSSR count). The molecular weight excluding hydrogens is 416 g/mol. The van der Waals surface area contributed by atoms with E-state index in [1.807, 2.05) is 41.3 Å². The quantitative estimate of drug-likeness (QED) is 0.547. The van der Waals surface area contributed by atoms with Crippen molar-refractivity contribution >= 4 is 28.8 Å². The normalized spacial score (nSPS) is 19.4. The fourth-order valence-electron chi connectivity index (χ4n) is 4.56. The van der Waals surface area contributed by atoms with E-state index in [1.165, 1.54) is 19.3 Å². The summed E-state index contributed by atoms with van der Waals surface area (Å²) in [6.45, 7) is 2.55. The Balaban J connectivity index is 1.32. The van der Waals surface area contributed by atoms with Crippen molar-refractivity contribution in [2.45, 2.75) is 51.0 Å². The van der Waals surface area contributed by atoms with Gasteiger partial charge in [-0.2, -0.15) is 0 Å². The molecule has 7 heteroatoms. The number of carbonyl (C=O) groups excluding carboxylic acids is 1. The van der Waals surface area contributed by atoms with Crippen molar-refractivity contribution in [3.05, 3.63) is 57.9 Å². The number of carbonyl (C=O) groups is 1. The Morgan fingerprint density at radius 1 is 1.00 bits per heavy atom. The fraction of sp³-hybridized carbons (Fsp3) is 0.435. The van der Waals surface area contributed by atoms with Gasteiger partial charge in [0.1, 0.15) is 11.6 Å². The largest absolute Gasteiger partial charge is 0.337 e. The molecule has 0 saturated carbocycles. The molecule has 5 nitrogen and oxygen atoms in total. The third-order valence-corrected chi connectivity index (χ3v) is 7.53. The van der Waals surface area contributed by atoms with Crippen LogP contribution in [0.15, 0.2) is 36.4 Å².